The van der Waals surface area contributed by atoms with Crippen LogP contribution in [-0.4, -0.2) is 24.8 Å². The second kappa shape index (κ2) is 5.88. The van der Waals surface area contributed by atoms with Crippen molar-refractivity contribution in [1.82, 2.24) is 19.9 Å². The fraction of sp³-hybridized carbons (Fsp3) is 0.312. The van der Waals surface area contributed by atoms with Gasteiger partial charge in [0.15, 0.2) is 5.69 Å². The van der Waals surface area contributed by atoms with Crippen molar-refractivity contribution in [2.24, 2.45) is 0 Å². The zero-order valence-corrected chi connectivity index (χ0v) is 12.9. The van der Waals surface area contributed by atoms with Crippen LogP contribution < -0.4 is 0 Å². The number of nitrogens with zero attached hydrogens (tertiary/aromatic N) is 5. The van der Waals surface area contributed by atoms with Gasteiger partial charge in [-0.25, -0.2) is 0 Å². The first-order valence-electron chi connectivity index (χ1n) is 7.81. The first-order chi connectivity index (χ1) is 11.7. The lowest BCUT2D eigenvalue weighted by atomic mass is 9.96. The summed E-state index contributed by atoms with van der Waals surface area (Å²) < 4.78 is 6.95. The van der Waals surface area contributed by atoms with E-state index < -0.39 is 4.92 Å². The van der Waals surface area contributed by atoms with Crippen molar-refractivity contribution < 1.29 is 9.45 Å². The third-order valence-electron chi connectivity index (χ3n) is 4.24. The summed E-state index contributed by atoms with van der Waals surface area (Å²) in [5.41, 5.74) is 2.91. The molecule has 0 radical (unpaired) electrons. The second-order valence-corrected chi connectivity index (χ2v) is 5.79. The van der Waals surface area contributed by atoms with Crippen LogP contribution in [0.15, 0.2) is 35.2 Å². The highest BCUT2D eigenvalue weighted by Gasteiger charge is 2.24. The summed E-state index contributed by atoms with van der Waals surface area (Å²) in [6.07, 6.45) is 8.69. The molecule has 1 aliphatic carbocycles. The lowest BCUT2D eigenvalue weighted by Gasteiger charge is -2.08. The molecule has 0 aromatic carbocycles. The van der Waals surface area contributed by atoms with Gasteiger partial charge in [-0.3, -0.25) is 19.8 Å². The van der Waals surface area contributed by atoms with Gasteiger partial charge in [-0.05, 0) is 31.4 Å². The molecule has 3 aromatic heterocycles. The molecule has 1 aliphatic rings. The molecular weight excluding hydrogens is 310 g/mol. The van der Waals surface area contributed by atoms with E-state index >= 15 is 0 Å². The molecule has 122 valence electrons. The smallest absolute Gasteiger partial charge is 0.314 e. The Hall–Kier alpha value is -3.03. The van der Waals surface area contributed by atoms with E-state index in [1.807, 2.05) is 0 Å². The van der Waals surface area contributed by atoms with Crippen LogP contribution in [0.25, 0.3) is 11.3 Å². The van der Waals surface area contributed by atoms with Gasteiger partial charge in [0.2, 0.25) is 0 Å². The van der Waals surface area contributed by atoms with Crippen LogP contribution >= 0.6 is 0 Å². The summed E-state index contributed by atoms with van der Waals surface area (Å²) in [6, 6.07) is 3.41. The maximum atomic E-state index is 11.3. The van der Waals surface area contributed by atoms with Crippen LogP contribution in [0.2, 0.25) is 0 Å². The molecule has 8 nitrogen and oxygen atoms in total. The lowest BCUT2D eigenvalue weighted by Crippen LogP contribution is -2.06. The first kappa shape index (κ1) is 14.6. The number of hydrogen-bond acceptors (Lipinski definition) is 6. The molecule has 0 saturated carbocycles. The van der Waals surface area contributed by atoms with Crippen molar-refractivity contribution in [2.75, 3.05) is 0 Å². The van der Waals surface area contributed by atoms with Crippen LogP contribution in [-0.2, 0) is 19.4 Å². The van der Waals surface area contributed by atoms with E-state index in [0.717, 1.165) is 42.7 Å². The van der Waals surface area contributed by atoms with Gasteiger partial charge in [-0.2, -0.15) is 5.10 Å². The number of aromatic nitrogens is 4. The maximum absolute atomic E-state index is 11.3. The summed E-state index contributed by atoms with van der Waals surface area (Å²) in [6.45, 7) is 0.366. The number of hydrogen-bond donors (Lipinski definition) is 0. The monoisotopic (exact) mass is 325 g/mol. The highest BCUT2D eigenvalue weighted by molar-refractivity contribution is 5.68. The van der Waals surface area contributed by atoms with E-state index in [1.54, 1.807) is 29.2 Å². The van der Waals surface area contributed by atoms with Crippen molar-refractivity contribution in [1.29, 1.82) is 0 Å². The average Bonchev–Trinajstić information content (AvgIpc) is 3.21. The molecule has 3 heterocycles. The van der Waals surface area contributed by atoms with Gasteiger partial charge in [0.1, 0.15) is 17.7 Å². The zero-order valence-electron chi connectivity index (χ0n) is 12.9. The van der Waals surface area contributed by atoms with Crippen LogP contribution in [0.3, 0.4) is 0 Å². The molecule has 0 saturated heterocycles. The summed E-state index contributed by atoms with van der Waals surface area (Å²) in [7, 11) is 0. The molecule has 0 N–H and O–H groups in total. The Bertz CT molecular complexity index is 885. The van der Waals surface area contributed by atoms with E-state index in [9.17, 15) is 10.1 Å². The first-order valence-corrected chi connectivity index (χ1v) is 7.81. The molecule has 0 atom stereocenters. The van der Waals surface area contributed by atoms with Crippen molar-refractivity contribution in [3.05, 3.63) is 57.9 Å². The Morgan fingerprint density at radius 2 is 2.04 bits per heavy atom. The predicted octanol–water partition coefficient (Wildman–Crippen LogP) is 2.77. The van der Waals surface area contributed by atoms with Gasteiger partial charge in [-0.1, -0.05) is 5.16 Å². The van der Waals surface area contributed by atoms with Gasteiger partial charge in [0.25, 0.3) is 0 Å². The highest BCUT2D eigenvalue weighted by atomic mass is 16.6. The SMILES string of the molecule is O=[N+]([O-])c1cn(Cc2noc3c2CCCC3)nc1-c1ccncc1. The number of pyridine rings is 1. The molecular formula is C16H15N5O3. The van der Waals surface area contributed by atoms with Crippen molar-refractivity contribution in [3.63, 3.8) is 0 Å². The van der Waals surface area contributed by atoms with Crippen molar-refractivity contribution in [2.45, 2.75) is 32.2 Å². The minimum Gasteiger partial charge on any atom is -0.361 e. The fourth-order valence-corrected chi connectivity index (χ4v) is 3.07. The molecule has 24 heavy (non-hydrogen) atoms. The normalized spacial score (nSPS) is 13.7. The van der Waals surface area contributed by atoms with Crippen molar-refractivity contribution in [3.8, 4) is 11.3 Å². The molecule has 0 aliphatic heterocycles. The van der Waals surface area contributed by atoms with Crippen molar-refractivity contribution >= 4 is 5.69 Å². The van der Waals surface area contributed by atoms with E-state index in [4.69, 9.17) is 4.52 Å². The highest BCUT2D eigenvalue weighted by Crippen LogP contribution is 2.29. The third kappa shape index (κ3) is 2.55. The summed E-state index contributed by atoms with van der Waals surface area (Å²) in [4.78, 5) is 14.9. The molecule has 4 rings (SSSR count). The van der Waals surface area contributed by atoms with Crippen LogP contribution in [0.1, 0.15) is 29.9 Å². The number of nitro groups is 1. The third-order valence-corrected chi connectivity index (χ3v) is 4.24. The van der Waals surface area contributed by atoms with Crippen LogP contribution in [0.4, 0.5) is 5.69 Å². The van der Waals surface area contributed by atoms with E-state index in [0.29, 0.717) is 17.8 Å². The van der Waals surface area contributed by atoms with Crippen LogP contribution in [0.5, 0.6) is 0 Å². The molecule has 0 bridgehead atoms. The standard InChI is InChI=1S/C16H15N5O3/c22-21(23)14-10-20(18-16(14)11-5-7-17-8-6-11)9-13-12-3-1-2-4-15(12)24-19-13/h5-8,10H,1-4,9H2. The molecule has 0 fully saturated rings. The Morgan fingerprint density at radius 1 is 1.25 bits per heavy atom. The predicted molar refractivity (Wildman–Crippen MR) is 84.4 cm³/mol. The largest absolute Gasteiger partial charge is 0.361 e. The quantitative estimate of drug-likeness (QED) is 0.540. The van der Waals surface area contributed by atoms with Crippen LogP contribution in [0, 0.1) is 10.1 Å². The van der Waals surface area contributed by atoms with Gasteiger partial charge >= 0.3 is 5.69 Å². The Kier molecular flexibility index (Phi) is 3.56. The summed E-state index contributed by atoms with van der Waals surface area (Å²) in [5.74, 6) is 0.937. The maximum Gasteiger partial charge on any atom is 0.314 e. The molecule has 0 spiro atoms. The second-order valence-electron chi connectivity index (χ2n) is 5.79. The number of rotatable bonds is 4. The number of aryl methyl sites for hydroxylation is 1. The zero-order chi connectivity index (χ0) is 16.5. The topological polar surface area (TPSA) is 99.9 Å². The average molecular weight is 325 g/mol. The minimum absolute atomic E-state index is 0.0291. The molecule has 0 unspecified atom stereocenters. The van der Waals surface area contributed by atoms with Gasteiger partial charge in [0, 0.05) is 29.9 Å². The van der Waals surface area contributed by atoms with Gasteiger partial charge in [-0.15, -0.1) is 0 Å². The molecule has 0 amide bonds. The Labute approximate surface area is 137 Å². The lowest BCUT2D eigenvalue weighted by molar-refractivity contribution is -0.384. The minimum atomic E-state index is -0.419. The van der Waals surface area contributed by atoms with E-state index in [-0.39, 0.29) is 5.69 Å². The Balaban J connectivity index is 1.69. The molecule has 8 heteroatoms. The van der Waals surface area contributed by atoms with Gasteiger partial charge < -0.3 is 4.52 Å². The number of fused-ring (bicyclic) bond motifs is 1. The summed E-state index contributed by atoms with van der Waals surface area (Å²) in [5, 5.41) is 19.9. The van der Waals surface area contributed by atoms with E-state index in [1.165, 1.54) is 6.20 Å². The van der Waals surface area contributed by atoms with E-state index in [2.05, 4.69) is 15.2 Å². The summed E-state index contributed by atoms with van der Waals surface area (Å²) >= 11 is 0. The van der Waals surface area contributed by atoms with Gasteiger partial charge in [0.05, 0.1) is 11.5 Å². The molecule has 3 aromatic rings. The Morgan fingerprint density at radius 3 is 2.83 bits per heavy atom. The fourth-order valence-electron chi connectivity index (χ4n) is 3.07.